The Hall–Kier alpha value is -2.44. The molecule has 1 aliphatic rings. The largest absolute Gasteiger partial charge is 0.467 e. The third kappa shape index (κ3) is 3.18. The molecular formula is C14H16N2O5. The van der Waals surface area contributed by atoms with E-state index in [1.165, 1.54) is 36.3 Å². The average molecular weight is 292 g/mol. The number of carbonyl (C=O) groups is 2. The highest BCUT2D eigenvalue weighted by Crippen LogP contribution is 2.22. The highest BCUT2D eigenvalue weighted by Gasteiger charge is 2.33. The van der Waals surface area contributed by atoms with Crippen LogP contribution in [0.1, 0.15) is 29.6 Å². The van der Waals surface area contributed by atoms with Gasteiger partial charge in [0.15, 0.2) is 0 Å². The van der Waals surface area contributed by atoms with E-state index in [1.807, 2.05) is 0 Å². The van der Waals surface area contributed by atoms with E-state index in [-0.39, 0.29) is 17.2 Å². The number of carbonyl (C=O) groups excluding carboxylic acids is 2. The van der Waals surface area contributed by atoms with Crippen LogP contribution in [0.2, 0.25) is 0 Å². The highest BCUT2D eigenvalue weighted by atomic mass is 16.6. The maximum absolute atomic E-state index is 12.5. The molecule has 21 heavy (non-hydrogen) atoms. The number of nitrogens with zero attached hydrogens (tertiary/aromatic N) is 2. The Morgan fingerprint density at radius 2 is 2.14 bits per heavy atom. The van der Waals surface area contributed by atoms with Gasteiger partial charge >= 0.3 is 5.97 Å². The molecule has 1 fully saturated rings. The van der Waals surface area contributed by atoms with Gasteiger partial charge in [0.05, 0.1) is 12.0 Å². The fourth-order valence-corrected chi connectivity index (χ4v) is 2.47. The van der Waals surface area contributed by atoms with E-state index in [9.17, 15) is 19.7 Å². The predicted molar refractivity (Wildman–Crippen MR) is 73.8 cm³/mol. The lowest BCUT2D eigenvalue weighted by Crippen LogP contribution is -2.48. The summed E-state index contributed by atoms with van der Waals surface area (Å²) in [7, 11) is 1.28. The Balaban J connectivity index is 2.26. The maximum atomic E-state index is 12.5. The van der Waals surface area contributed by atoms with E-state index in [4.69, 9.17) is 4.74 Å². The second-order valence-electron chi connectivity index (χ2n) is 4.84. The molecule has 0 aromatic heterocycles. The van der Waals surface area contributed by atoms with Gasteiger partial charge < -0.3 is 9.64 Å². The number of esters is 1. The SMILES string of the molecule is COC(=O)C1CCCCN1C(=O)c1cccc([N+](=O)[O-])c1. The van der Waals surface area contributed by atoms with Crippen molar-refractivity contribution >= 4 is 17.6 Å². The Bertz CT molecular complexity index is 572. The fraction of sp³-hybridized carbons (Fsp3) is 0.429. The lowest BCUT2D eigenvalue weighted by atomic mass is 10.0. The number of benzene rings is 1. The number of methoxy groups -OCH3 is 1. The molecule has 7 heteroatoms. The van der Waals surface area contributed by atoms with E-state index in [0.717, 1.165) is 12.8 Å². The summed E-state index contributed by atoms with van der Waals surface area (Å²) in [5.41, 5.74) is 0.0625. The van der Waals surface area contributed by atoms with Gasteiger partial charge in [0.25, 0.3) is 11.6 Å². The highest BCUT2D eigenvalue weighted by molar-refractivity contribution is 5.97. The van der Waals surface area contributed by atoms with Crippen LogP contribution in [0.25, 0.3) is 0 Å². The van der Waals surface area contributed by atoms with E-state index >= 15 is 0 Å². The summed E-state index contributed by atoms with van der Waals surface area (Å²) in [4.78, 5) is 35.9. The van der Waals surface area contributed by atoms with Gasteiger partial charge in [-0.3, -0.25) is 14.9 Å². The summed E-state index contributed by atoms with van der Waals surface area (Å²) < 4.78 is 4.73. The van der Waals surface area contributed by atoms with Gasteiger partial charge in [-0.2, -0.15) is 0 Å². The molecule has 0 spiro atoms. The first-order chi connectivity index (χ1) is 10.0. The molecule has 1 saturated heterocycles. The van der Waals surface area contributed by atoms with Crippen molar-refractivity contribution in [3.63, 3.8) is 0 Å². The Morgan fingerprint density at radius 3 is 2.81 bits per heavy atom. The van der Waals surface area contributed by atoms with Crippen molar-refractivity contribution in [2.45, 2.75) is 25.3 Å². The lowest BCUT2D eigenvalue weighted by Gasteiger charge is -2.33. The minimum Gasteiger partial charge on any atom is -0.467 e. The summed E-state index contributed by atoms with van der Waals surface area (Å²) in [6.07, 6.45) is 2.19. The Labute approximate surface area is 121 Å². The van der Waals surface area contributed by atoms with Crippen molar-refractivity contribution in [2.24, 2.45) is 0 Å². The van der Waals surface area contributed by atoms with E-state index in [2.05, 4.69) is 0 Å². The van der Waals surface area contributed by atoms with Crippen LogP contribution in [0.4, 0.5) is 5.69 Å². The van der Waals surface area contributed by atoms with Crippen molar-refractivity contribution in [1.29, 1.82) is 0 Å². The first-order valence-corrected chi connectivity index (χ1v) is 6.68. The van der Waals surface area contributed by atoms with Crippen molar-refractivity contribution in [3.8, 4) is 0 Å². The van der Waals surface area contributed by atoms with E-state index < -0.39 is 16.9 Å². The van der Waals surface area contributed by atoms with Crippen LogP contribution in [-0.2, 0) is 9.53 Å². The smallest absolute Gasteiger partial charge is 0.328 e. The van der Waals surface area contributed by atoms with Crippen molar-refractivity contribution in [2.75, 3.05) is 13.7 Å². The average Bonchev–Trinajstić information content (AvgIpc) is 2.53. The predicted octanol–water partition coefficient (Wildman–Crippen LogP) is 1.76. The second-order valence-corrected chi connectivity index (χ2v) is 4.84. The maximum Gasteiger partial charge on any atom is 0.328 e. The normalized spacial score (nSPS) is 18.1. The number of amides is 1. The van der Waals surface area contributed by atoms with E-state index in [0.29, 0.717) is 13.0 Å². The molecule has 2 rings (SSSR count). The number of hydrogen-bond acceptors (Lipinski definition) is 5. The number of nitro groups is 1. The number of hydrogen-bond donors (Lipinski definition) is 0. The van der Waals surface area contributed by atoms with Gasteiger partial charge in [0.1, 0.15) is 6.04 Å². The molecule has 0 saturated carbocycles. The van der Waals surface area contributed by atoms with Crippen LogP contribution < -0.4 is 0 Å². The van der Waals surface area contributed by atoms with Gasteiger partial charge in [-0.25, -0.2) is 4.79 Å². The number of non-ortho nitro benzene ring substituents is 1. The molecule has 1 aromatic rings. The molecule has 1 heterocycles. The van der Waals surface area contributed by atoms with Gasteiger partial charge in [0.2, 0.25) is 0 Å². The number of likely N-dealkylation sites (tertiary alicyclic amines) is 1. The van der Waals surface area contributed by atoms with E-state index in [1.54, 1.807) is 0 Å². The van der Waals surface area contributed by atoms with Crippen LogP contribution in [-0.4, -0.2) is 41.4 Å². The van der Waals surface area contributed by atoms with Gasteiger partial charge in [-0.05, 0) is 25.3 Å². The zero-order chi connectivity index (χ0) is 15.4. The molecule has 112 valence electrons. The third-order valence-corrected chi connectivity index (χ3v) is 3.54. The fourth-order valence-electron chi connectivity index (χ4n) is 2.47. The summed E-state index contributed by atoms with van der Waals surface area (Å²) >= 11 is 0. The van der Waals surface area contributed by atoms with Crippen LogP contribution in [0.5, 0.6) is 0 Å². The quantitative estimate of drug-likeness (QED) is 0.481. The zero-order valence-electron chi connectivity index (χ0n) is 11.7. The first kappa shape index (κ1) is 15.0. The van der Waals surface area contributed by atoms with Gasteiger partial charge in [0, 0.05) is 24.2 Å². The minimum absolute atomic E-state index is 0.146. The van der Waals surface area contributed by atoms with Crippen LogP contribution >= 0.6 is 0 Å². The number of ether oxygens (including phenoxy) is 1. The number of rotatable bonds is 3. The Morgan fingerprint density at radius 1 is 1.38 bits per heavy atom. The number of nitro benzene ring substituents is 1. The molecule has 1 amide bonds. The topological polar surface area (TPSA) is 89.8 Å². The van der Waals surface area contributed by atoms with Gasteiger partial charge in [-0.1, -0.05) is 6.07 Å². The first-order valence-electron chi connectivity index (χ1n) is 6.68. The molecule has 7 nitrogen and oxygen atoms in total. The summed E-state index contributed by atoms with van der Waals surface area (Å²) in [5.74, 6) is -0.831. The van der Waals surface area contributed by atoms with Crippen molar-refractivity contribution in [1.82, 2.24) is 4.90 Å². The second kappa shape index (κ2) is 6.34. The van der Waals surface area contributed by atoms with Crippen LogP contribution in [0.3, 0.4) is 0 Å². The molecule has 0 bridgehead atoms. The standard InChI is InChI=1S/C14H16N2O5/c1-21-14(18)12-7-2-3-8-15(12)13(17)10-5-4-6-11(9-10)16(19)20/h4-6,9,12H,2-3,7-8H2,1H3. The molecule has 0 aliphatic carbocycles. The lowest BCUT2D eigenvalue weighted by molar-refractivity contribution is -0.384. The molecule has 1 aliphatic heterocycles. The molecule has 0 radical (unpaired) electrons. The zero-order valence-corrected chi connectivity index (χ0v) is 11.7. The number of piperidine rings is 1. The molecular weight excluding hydrogens is 276 g/mol. The summed E-state index contributed by atoms with van der Waals surface area (Å²) in [6, 6.07) is 4.91. The monoisotopic (exact) mass is 292 g/mol. The van der Waals surface area contributed by atoms with Crippen molar-refractivity contribution in [3.05, 3.63) is 39.9 Å². The molecule has 1 atom stereocenters. The van der Waals surface area contributed by atoms with Crippen LogP contribution in [0, 0.1) is 10.1 Å². The van der Waals surface area contributed by atoms with Crippen molar-refractivity contribution < 1.29 is 19.2 Å². The molecule has 0 N–H and O–H groups in total. The molecule has 1 unspecified atom stereocenters. The van der Waals surface area contributed by atoms with Gasteiger partial charge in [-0.15, -0.1) is 0 Å². The minimum atomic E-state index is -0.615. The Kier molecular flexibility index (Phi) is 4.52. The summed E-state index contributed by atoms with van der Waals surface area (Å²) in [6.45, 7) is 0.446. The third-order valence-electron chi connectivity index (χ3n) is 3.54. The summed E-state index contributed by atoms with van der Waals surface area (Å²) in [5, 5.41) is 10.8. The molecule has 1 aromatic carbocycles. The van der Waals surface area contributed by atoms with Crippen LogP contribution in [0.15, 0.2) is 24.3 Å².